The minimum Gasteiger partial charge on any atom is -0.399 e. The lowest BCUT2D eigenvalue weighted by atomic mass is 9.62. The van der Waals surface area contributed by atoms with Gasteiger partial charge in [-0.25, -0.2) is 0 Å². The Hall–Kier alpha value is -3.21. The topological polar surface area (TPSA) is 111 Å². The van der Waals surface area contributed by atoms with Crippen molar-refractivity contribution in [3.63, 3.8) is 0 Å². The minimum absolute atomic E-state index is 0.648. The largest absolute Gasteiger partial charge is 0.495 e. The monoisotopic (exact) mass is 1060 g/mol. The van der Waals surface area contributed by atoms with Gasteiger partial charge in [0.2, 0.25) is 0 Å². The minimum atomic E-state index is -0.757. The molecule has 6 heterocycles. The number of hydrogen-bond acceptors (Lipinski definition) is 12. The first-order valence-corrected chi connectivity index (χ1v) is 28.5. The van der Waals surface area contributed by atoms with Gasteiger partial charge in [0.25, 0.3) is 0 Å². The first-order valence-electron chi connectivity index (χ1n) is 28.5. The van der Waals surface area contributed by atoms with Crippen molar-refractivity contribution in [2.75, 3.05) is 0 Å². The second-order valence-corrected chi connectivity index (χ2v) is 29.9. The highest BCUT2D eigenvalue weighted by Crippen LogP contribution is 2.51. The van der Waals surface area contributed by atoms with Crippen LogP contribution in [-0.2, 0) is 55.9 Å². The van der Waals surface area contributed by atoms with Crippen molar-refractivity contribution in [3.05, 3.63) is 36.4 Å². The van der Waals surface area contributed by atoms with Crippen LogP contribution in [0.5, 0.6) is 0 Å². The van der Waals surface area contributed by atoms with Crippen molar-refractivity contribution in [2.45, 2.75) is 233 Å². The zero-order valence-electron chi connectivity index (χ0n) is 50.8. The fourth-order valence-electron chi connectivity index (χ4n) is 12.6. The van der Waals surface area contributed by atoms with E-state index < -0.39 is 110 Å². The molecule has 6 fully saturated rings. The second kappa shape index (κ2) is 15.5. The Morgan fingerprint density at radius 1 is 0.179 bits per heavy atom. The van der Waals surface area contributed by atoms with Crippen LogP contribution in [0, 0.1) is 0 Å². The molecule has 0 atom stereocenters. The second-order valence-electron chi connectivity index (χ2n) is 29.9. The molecule has 0 saturated carbocycles. The quantitative estimate of drug-likeness (QED) is 0.0903. The van der Waals surface area contributed by atoms with Crippen LogP contribution >= 0.6 is 0 Å². The predicted octanol–water partition coefficient (Wildman–Crippen LogP) is 8.71. The van der Waals surface area contributed by atoms with E-state index in [1.165, 1.54) is 0 Å². The Balaban J connectivity index is 1.27. The van der Waals surface area contributed by atoms with Crippen LogP contribution in [0.3, 0.4) is 0 Å². The summed E-state index contributed by atoms with van der Waals surface area (Å²) in [7, 11) is -4.54. The van der Waals surface area contributed by atoms with Crippen molar-refractivity contribution < 1.29 is 55.9 Å². The van der Waals surface area contributed by atoms with Crippen LogP contribution in [0.25, 0.3) is 64.6 Å². The molecular weight excluding hydrogens is 978 g/mol. The third-order valence-electron chi connectivity index (χ3n) is 21.8. The molecule has 6 aliphatic heterocycles. The van der Waals surface area contributed by atoms with Gasteiger partial charge in [0, 0.05) is 0 Å². The molecule has 7 aromatic rings. The smallest absolute Gasteiger partial charge is 0.399 e. The average Bonchev–Trinajstić information content (AvgIpc) is 3.27. The van der Waals surface area contributed by atoms with E-state index in [0.29, 0.717) is 0 Å². The molecule has 18 heteroatoms. The molecule has 7 aromatic carbocycles. The number of rotatable bonds is 6. The molecular formula is C60H78B6O12. The molecule has 0 N–H and O–H groups in total. The molecule has 78 heavy (non-hydrogen) atoms. The van der Waals surface area contributed by atoms with Crippen LogP contribution < -0.4 is 32.8 Å². The Bertz CT molecular complexity index is 2950. The van der Waals surface area contributed by atoms with E-state index in [9.17, 15) is 0 Å². The normalized spacial score (nSPS) is 26.9. The van der Waals surface area contributed by atoms with Gasteiger partial charge >= 0.3 is 42.7 Å². The Morgan fingerprint density at radius 2 is 0.269 bits per heavy atom. The number of hydrogen-bond donors (Lipinski definition) is 0. The summed E-state index contributed by atoms with van der Waals surface area (Å²) in [5.41, 5.74) is -2.49. The molecule has 0 bridgehead atoms. The molecule has 6 saturated heterocycles. The highest BCUT2D eigenvalue weighted by Gasteiger charge is 2.59. The molecule has 0 radical (unpaired) electrons. The first kappa shape index (κ1) is 54.1. The fraction of sp³-hybridized carbons (Fsp3) is 0.600. The van der Waals surface area contributed by atoms with Gasteiger partial charge in [-0.1, -0.05) is 36.4 Å². The summed E-state index contributed by atoms with van der Waals surface area (Å²) in [6.45, 7) is 50.6. The lowest BCUT2D eigenvalue weighted by Gasteiger charge is -2.32. The molecule has 13 rings (SSSR count). The van der Waals surface area contributed by atoms with Crippen LogP contribution in [0.4, 0.5) is 0 Å². The highest BCUT2D eigenvalue weighted by molar-refractivity contribution is 6.76. The maximum absolute atomic E-state index is 7.14. The van der Waals surface area contributed by atoms with Gasteiger partial charge in [0.05, 0.1) is 67.2 Å². The summed E-state index contributed by atoms with van der Waals surface area (Å²) in [5, 5.41) is 12.1. The Morgan fingerprint density at radius 3 is 0.359 bits per heavy atom. The molecule has 0 aliphatic carbocycles. The molecule has 0 amide bonds. The summed E-state index contributed by atoms with van der Waals surface area (Å²) in [5.74, 6) is 0. The molecule has 0 unspecified atom stereocenters. The molecule has 6 aliphatic rings. The molecule has 0 aromatic heterocycles. The van der Waals surface area contributed by atoms with Crippen LogP contribution in [0.15, 0.2) is 36.4 Å². The van der Waals surface area contributed by atoms with E-state index in [1.807, 2.05) is 0 Å². The molecule has 408 valence electrons. The Kier molecular flexibility index (Phi) is 10.7. The maximum atomic E-state index is 7.14. The van der Waals surface area contributed by atoms with E-state index in [-0.39, 0.29) is 0 Å². The van der Waals surface area contributed by atoms with Gasteiger partial charge in [-0.2, -0.15) is 0 Å². The van der Waals surface area contributed by atoms with Crippen LogP contribution in [-0.4, -0.2) is 110 Å². The van der Waals surface area contributed by atoms with E-state index in [2.05, 4.69) is 203 Å². The van der Waals surface area contributed by atoms with Crippen LogP contribution in [0.2, 0.25) is 0 Å². The lowest BCUT2D eigenvalue weighted by molar-refractivity contribution is 0.00578. The lowest BCUT2D eigenvalue weighted by Crippen LogP contribution is -2.42. The van der Waals surface area contributed by atoms with Gasteiger partial charge in [-0.05, 0) is 264 Å². The van der Waals surface area contributed by atoms with Gasteiger partial charge < -0.3 is 55.9 Å². The summed E-state index contributed by atoms with van der Waals surface area (Å²) in [6, 6.07) is 13.7. The van der Waals surface area contributed by atoms with Crippen LogP contribution in [0.1, 0.15) is 166 Å². The zero-order valence-corrected chi connectivity index (χ0v) is 50.8. The predicted molar refractivity (Wildman–Crippen MR) is 319 cm³/mol. The standard InChI is InChI=1S/C60H78B6O12/c1-49(2)50(3,4)68-61(67-49)37-25-32-39(63-71-53(9,10)54(11,12)72-63)27-34-41(65-75-57(17,18)58(19,20)76-65)30-36-42(66-77-59(21,22)60(23,24)78-66)29-35-40(64-73-55(13,14)56(15,16)74-64)28-33-38(62-69-51(5,6)52(7,8)70-62)26-31(37)43-44(32)46(34)48(36)47(35)45(33)43/h25-30H,1-24H3. The van der Waals surface area contributed by atoms with E-state index in [0.717, 1.165) is 97.4 Å². The van der Waals surface area contributed by atoms with Crippen molar-refractivity contribution in [3.8, 4) is 0 Å². The average molecular weight is 1060 g/mol. The molecule has 0 spiro atoms. The van der Waals surface area contributed by atoms with Crippen molar-refractivity contribution in [1.82, 2.24) is 0 Å². The fourth-order valence-corrected chi connectivity index (χ4v) is 12.6. The highest BCUT2D eigenvalue weighted by atomic mass is 16.7. The van der Waals surface area contributed by atoms with E-state index >= 15 is 0 Å². The summed E-state index contributed by atoms with van der Waals surface area (Å²) in [6.07, 6.45) is 0. The summed E-state index contributed by atoms with van der Waals surface area (Å²) in [4.78, 5) is 0. The molecule has 12 nitrogen and oxygen atoms in total. The SMILES string of the molecule is CC1(C)OB(c2cc3c(B4OC(C)(C)C(C)(C)O4)cc4c(B5OC(C)(C)C(C)(C)O5)cc5c(B6OC(C)(C)C(C)(C)O6)cc6c(B7OC(C)(C)C(C)(C)O7)cc7c(B8OC(C)(C)C(C)(C)O8)cc2c2c3c4c5c6c72)OC1(C)C. The zero-order chi connectivity index (χ0) is 56.6. The summed E-state index contributed by atoms with van der Waals surface area (Å²) >= 11 is 0. The Labute approximate surface area is 463 Å². The summed E-state index contributed by atoms with van der Waals surface area (Å²) < 4.78 is 85.7. The van der Waals surface area contributed by atoms with Crippen molar-refractivity contribution >= 4 is 140 Å². The van der Waals surface area contributed by atoms with Gasteiger partial charge in [-0.15, -0.1) is 0 Å². The first-order chi connectivity index (χ1) is 35.5. The van der Waals surface area contributed by atoms with Gasteiger partial charge in [0.1, 0.15) is 0 Å². The maximum Gasteiger partial charge on any atom is 0.495 e. The van der Waals surface area contributed by atoms with Crippen molar-refractivity contribution in [1.29, 1.82) is 0 Å². The van der Waals surface area contributed by atoms with E-state index in [4.69, 9.17) is 55.9 Å². The number of benzene rings is 7. The van der Waals surface area contributed by atoms with E-state index in [1.54, 1.807) is 0 Å². The third-order valence-corrected chi connectivity index (χ3v) is 21.8. The van der Waals surface area contributed by atoms with Crippen molar-refractivity contribution in [2.24, 2.45) is 0 Å². The third kappa shape index (κ3) is 7.04. The van der Waals surface area contributed by atoms with Gasteiger partial charge in [-0.3, -0.25) is 0 Å². The van der Waals surface area contributed by atoms with Gasteiger partial charge in [0.15, 0.2) is 0 Å².